The molecular weight excluding hydrogens is 300 g/mol. The number of fused-ring (bicyclic) bond motifs is 1. The summed E-state index contributed by atoms with van der Waals surface area (Å²) >= 11 is 1.53. The number of hydrogen-bond acceptors (Lipinski definition) is 4. The first-order chi connectivity index (χ1) is 10.6. The highest BCUT2D eigenvalue weighted by Gasteiger charge is 2.03. The number of nitrogens with one attached hydrogen (secondary N) is 1. The van der Waals surface area contributed by atoms with Crippen molar-refractivity contribution in [3.05, 3.63) is 59.4 Å². The topological polar surface area (TPSA) is 89.5 Å². The van der Waals surface area contributed by atoms with Gasteiger partial charge in [0.25, 0.3) is 0 Å². The highest BCUT2D eigenvalue weighted by Crippen LogP contribution is 2.14. The van der Waals surface area contributed by atoms with Crippen LogP contribution in [0, 0.1) is 0 Å². The highest BCUT2D eigenvalue weighted by molar-refractivity contribution is 7.15. The Morgan fingerprint density at radius 3 is 2.77 bits per heavy atom. The van der Waals surface area contributed by atoms with Crippen molar-refractivity contribution in [3.63, 3.8) is 0 Å². The van der Waals surface area contributed by atoms with Gasteiger partial charge in [-0.1, -0.05) is 0 Å². The Morgan fingerprint density at radius 1 is 1.27 bits per heavy atom. The van der Waals surface area contributed by atoms with Gasteiger partial charge in [0.1, 0.15) is 0 Å². The van der Waals surface area contributed by atoms with E-state index in [1.165, 1.54) is 17.4 Å². The number of anilines is 1. The van der Waals surface area contributed by atoms with Crippen LogP contribution in [0.15, 0.2) is 48.1 Å². The number of carbonyl (C=O) groups is 2. The number of imidazole rings is 1. The van der Waals surface area contributed by atoms with Crippen LogP contribution in [-0.4, -0.2) is 21.2 Å². The number of primary amides is 1. The van der Waals surface area contributed by atoms with Gasteiger partial charge in [-0.2, -0.15) is 0 Å². The van der Waals surface area contributed by atoms with E-state index in [0.717, 1.165) is 10.7 Å². The normalized spacial score (nSPS) is 11.1. The number of nitrogens with two attached hydrogens (primary N) is 1. The average Bonchev–Trinajstić information content (AvgIpc) is 3.09. The number of hydrogen-bond donors (Lipinski definition) is 2. The first-order valence-electron chi connectivity index (χ1n) is 6.43. The second kappa shape index (κ2) is 5.82. The zero-order chi connectivity index (χ0) is 15.5. The minimum absolute atomic E-state index is 0.267. The van der Waals surface area contributed by atoms with E-state index in [1.54, 1.807) is 36.5 Å². The van der Waals surface area contributed by atoms with Crippen LogP contribution in [0.3, 0.4) is 0 Å². The Balaban J connectivity index is 1.68. The number of nitrogens with zero attached hydrogens (tertiary/aromatic N) is 2. The predicted molar refractivity (Wildman–Crippen MR) is 85.7 cm³/mol. The van der Waals surface area contributed by atoms with Gasteiger partial charge in [0, 0.05) is 28.9 Å². The van der Waals surface area contributed by atoms with Crippen molar-refractivity contribution in [2.75, 3.05) is 5.32 Å². The summed E-state index contributed by atoms with van der Waals surface area (Å²) in [5.41, 5.74) is 6.98. The van der Waals surface area contributed by atoms with Crippen LogP contribution >= 0.6 is 11.3 Å². The Kier molecular flexibility index (Phi) is 3.71. The molecule has 0 fully saturated rings. The summed E-state index contributed by atoms with van der Waals surface area (Å²) in [6.45, 7) is 0. The van der Waals surface area contributed by atoms with Gasteiger partial charge in [-0.3, -0.25) is 14.0 Å². The maximum atomic E-state index is 11.9. The molecule has 0 unspecified atom stereocenters. The molecule has 3 aromatic rings. The van der Waals surface area contributed by atoms with Crippen molar-refractivity contribution in [1.29, 1.82) is 0 Å². The Labute approximate surface area is 129 Å². The van der Waals surface area contributed by atoms with E-state index < -0.39 is 5.91 Å². The third-order valence-corrected chi connectivity index (χ3v) is 3.79. The fraction of sp³-hybridized carbons (Fsp3) is 0. The van der Waals surface area contributed by atoms with Gasteiger partial charge in [0.15, 0.2) is 4.96 Å². The molecule has 3 rings (SSSR count). The van der Waals surface area contributed by atoms with E-state index >= 15 is 0 Å². The molecule has 7 heteroatoms. The Bertz CT molecular complexity index is 861. The fourth-order valence-electron chi connectivity index (χ4n) is 1.93. The van der Waals surface area contributed by atoms with E-state index in [9.17, 15) is 9.59 Å². The monoisotopic (exact) mass is 312 g/mol. The lowest BCUT2D eigenvalue weighted by Crippen LogP contribution is -2.11. The quantitative estimate of drug-likeness (QED) is 0.723. The second-order valence-corrected chi connectivity index (χ2v) is 5.38. The van der Waals surface area contributed by atoms with Crippen molar-refractivity contribution < 1.29 is 9.59 Å². The van der Waals surface area contributed by atoms with Crippen molar-refractivity contribution >= 4 is 39.9 Å². The van der Waals surface area contributed by atoms with Crippen molar-refractivity contribution in [3.8, 4) is 0 Å². The van der Waals surface area contributed by atoms with Crippen LogP contribution in [0.5, 0.6) is 0 Å². The maximum Gasteiger partial charge on any atom is 0.248 e. The van der Waals surface area contributed by atoms with Gasteiger partial charge < -0.3 is 11.1 Å². The largest absolute Gasteiger partial charge is 0.366 e. The molecule has 0 atom stereocenters. The SMILES string of the molecule is NC(=O)c1ccc(NC(=O)/C=C/c2cnc3sccn23)cc1. The van der Waals surface area contributed by atoms with Crippen molar-refractivity contribution in [2.45, 2.75) is 0 Å². The first kappa shape index (κ1) is 14.0. The molecule has 2 amide bonds. The average molecular weight is 312 g/mol. The third kappa shape index (κ3) is 2.89. The summed E-state index contributed by atoms with van der Waals surface area (Å²) in [6, 6.07) is 6.38. The Hall–Kier alpha value is -2.93. The zero-order valence-electron chi connectivity index (χ0n) is 11.4. The van der Waals surface area contributed by atoms with E-state index in [0.29, 0.717) is 11.3 Å². The van der Waals surface area contributed by atoms with Crippen LogP contribution < -0.4 is 11.1 Å². The molecule has 6 nitrogen and oxygen atoms in total. The highest BCUT2D eigenvalue weighted by atomic mass is 32.1. The minimum Gasteiger partial charge on any atom is -0.366 e. The van der Waals surface area contributed by atoms with Gasteiger partial charge >= 0.3 is 0 Å². The predicted octanol–water partition coefficient (Wildman–Crippen LogP) is 2.15. The minimum atomic E-state index is -0.502. The molecule has 110 valence electrons. The number of carbonyl (C=O) groups excluding carboxylic acids is 2. The fourth-order valence-corrected chi connectivity index (χ4v) is 2.63. The summed E-state index contributed by atoms with van der Waals surface area (Å²) in [5, 5.41) is 4.64. The lowest BCUT2D eigenvalue weighted by atomic mass is 10.2. The zero-order valence-corrected chi connectivity index (χ0v) is 12.2. The standard InChI is InChI=1S/C15H12N4O2S/c16-14(21)10-1-3-11(4-2-10)18-13(20)6-5-12-9-17-15-19(12)7-8-22-15/h1-9H,(H2,16,21)(H,18,20)/b6-5+. The van der Waals surface area contributed by atoms with E-state index in [-0.39, 0.29) is 5.91 Å². The molecule has 2 aromatic heterocycles. The third-order valence-electron chi connectivity index (χ3n) is 3.02. The molecular formula is C15H12N4O2S. The molecule has 0 aliphatic carbocycles. The van der Waals surface area contributed by atoms with E-state index in [4.69, 9.17) is 5.73 Å². The molecule has 0 aliphatic heterocycles. The lowest BCUT2D eigenvalue weighted by molar-refractivity contribution is -0.111. The van der Waals surface area contributed by atoms with Gasteiger partial charge in [-0.25, -0.2) is 4.98 Å². The number of aromatic nitrogens is 2. The molecule has 3 N–H and O–H groups in total. The number of rotatable bonds is 4. The molecule has 2 heterocycles. The number of amides is 2. The summed E-state index contributed by atoms with van der Waals surface area (Å²) in [7, 11) is 0. The van der Waals surface area contributed by atoms with Crippen LogP contribution in [0.2, 0.25) is 0 Å². The molecule has 22 heavy (non-hydrogen) atoms. The molecule has 0 saturated heterocycles. The van der Waals surface area contributed by atoms with Gasteiger partial charge in [-0.15, -0.1) is 11.3 Å². The molecule has 0 bridgehead atoms. The van der Waals surface area contributed by atoms with E-state index in [1.807, 2.05) is 16.0 Å². The van der Waals surface area contributed by atoms with Crippen molar-refractivity contribution in [1.82, 2.24) is 9.38 Å². The second-order valence-electron chi connectivity index (χ2n) is 4.50. The molecule has 0 saturated carbocycles. The summed E-state index contributed by atoms with van der Waals surface area (Å²) in [4.78, 5) is 28.0. The smallest absolute Gasteiger partial charge is 0.248 e. The van der Waals surface area contributed by atoms with Crippen LogP contribution in [0.4, 0.5) is 5.69 Å². The Morgan fingerprint density at radius 2 is 2.05 bits per heavy atom. The van der Waals surface area contributed by atoms with Gasteiger partial charge in [0.05, 0.1) is 11.9 Å². The molecule has 0 radical (unpaired) electrons. The first-order valence-corrected chi connectivity index (χ1v) is 7.31. The number of thiazole rings is 1. The number of benzene rings is 1. The lowest BCUT2D eigenvalue weighted by Gasteiger charge is -2.02. The summed E-state index contributed by atoms with van der Waals surface area (Å²) in [5.74, 6) is -0.768. The summed E-state index contributed by atoms with van der Waals surface area (Å²) in [6.07, 6.45) is 6.73. The molecule has 1 aromatic carbocycles. The van der Waals surface area contributed by atoms with Crippen LogP contribution in [0.1, 0.15) is 16.1 Å². The van der Waals surface area contributed by atoms with Gasteiger partial charge in [-0.05, 0) is 30.3 Å². The molecule has 0 spiro atoms. The van der Waals surface area contributed by atoms with Crippen molar-refractivity contribution in [2.24, 2.45) is 5.73 Å². The maximum absolute atomic E-state index is 11.9. The van der Waals surface area contributed by atoms with Crippen LogP contribution in [-0.2, 0) is 4.79 Å². The van der Waals surface area contributed by atoms with E-state index in [2.05, 4.69) is 10.3 Å². The van der Waals surface area contributed by atoms with Gasteiger partial charge in [0.2, 0.25) is 11.8 Å². The van der Waals surface area contributed by atoms with Crippen LogP contribution in [0.25, 0.3) is 11.0 Å². The molecule has 0 aliphatic rings. The summed E-state index contributed by atoms with van der Waals surface area (Å²) < 4.78 is 1.90.